The Morgan fingerprint density at radius 3 is 2.83 bits per heavy atom. The number of nitrogens with one attached hydrogen (secondary N) is 2. The molecule has 0 unspecified atom stereocenters. The van der Waals surface area contributed by atoms with Crippen LogP contribution in [0, 0.1) is 17.0 Å². The van der Waals surface area contributed by atoms with Gasteiger partial charge in [0.05, 0.1) is 16.2 Å². The largest absolute Gasteiger partial charge is 0.352 e. The van der Waals surface area contributed by atoms with Crippen LogP contribution >= 0.6 is 0 Å². The fraction of sp³-hybridized carbons (Fsp3) is 0.455. The molecule has 1 aromatic heterocycles. The molecule has 2 N–H and O–H groups in total. The maximum Gasteiger partial charge on any atom is 0.288 e. The number of hydrogen-bond donors (Lipinski definition) is 2. The molecular formula is C11H16N4O3. The number of amides is 1. The second-order valence-electron chi connectivity index (χ2n) is 3.80. The fourth-order valence-corrected chi connectivity index (χ4v) is 1.41. The molecule has 0 aliphatic carbocycles. The van der Waals surface area contributed by atoms with Crippen LogP contribution in [0.4, 0.5) is 5.69 Å². The third kappa shape index (κ3) is 3.77. The number of rotatable bonds is 6. The molecule has 1 amide bonds. The van der Waals surface area contributed by atoms with Crippen molar-refractivity contribution in [3.05, 3.63) is 33.6 Å². The molecule has 0 saturated heterocycles. The molecule has 0 fully saturated rings. The highest BCUT2D eigenvalue weighted by Gasteiger charge is 2.15. The van der Waals surface area contributed by atoms with Gasteiger partial charge in [-0.2, -0.15) is 0 Å². The normalized spacial score (nSPS) is 10.1. The topological polar surface area (TPSA) is 97.2 Å². The van der Waals surface area contributed by atoms with Gasteiger partial charge >= 0.3 is 0 Å². The van der Waals surface area contributed by atoms with E-state index in [0.29, 0.717) is 12.2 Å². The van der Waals surface area contributed by atoms with E-state index in [1.165, 1.54) is 6.07 Å². The molecule has 0 aromatic carbocycles. The van der Waals surface area contributed by atoms with Gasteiger partial charge in [-0.15, -0.1) is 0 Å². The Bertz CT molecular complexity index is 448. The molecular weight excluding hydrogens is 236 g/mol. The van der Waals surface area contributed by atoms with Crippen LogP contribution in [0.5, 0.6) is 0 Å². The van der Waals surface area contributed by atoms with Crippen molar-refractivity contribution >= 4 is 11.6 Å². The van der Waals surface area contributed by atoms with Gasteiger partial charge in [0.15, 0.2) is 0 Å². The molecule has 0 radical (unpaired) electrons. The van der Waals surface area contributed by atoms with Crippen LogP contribution in [-0.2, 0) is 0 Å². The molecule has 0 spiro atoms. The summed E-state index contributed by atoms with van der Waals surface area (Å²) in [6.07, 6.45) is 1.94. The van der Waals surface area contributed by atoms with Crippen molar-refractivity contribution in [2.75, 3.05) is 20.1 Å². The Kier molecular flexibility index (Phi) is 5.19. The smallest absolute Gasteiger partial charge is 0.288 e. The highest BCUT2D eigenvalue weighted by atomic mass is 16.6. The molecule has 7 heteroatoms. The van der Waals surface area contributed by atoms with E-state index >= 15 is 0 Å². The summed E-state index contributed by atoms with van der Waals surface area (Å²) in [5, 5.41) is 16.3. The van der Waals surface area contributed by atoms with E-state index in [4.69, 9.17) is 0 Å². The molecule has 1 heterocycles. The Labute approximate surface area is 105 Å². The number of nitrogens with zero attached hydrogens (tertiary/aromatic N) is 2. The molecule has 0 aliphatic heterocycles. The van der Waals surface area contributed by atoms with Crippen molar-refractivity contribution in [1.29, 1.82) is 0 Å². The second-order valence-corrected chi connectivity index (χ2v) is 3.80. The predicted octanol–water partition coefficient (Wildman–Crippen LogP) is 0.638. The average molecular weight is 252 g/mol. The minimum absolute atomic E-state index is 0.180. The number of hydrogen-bond acceptors (Lipinski definition) is 5. The zero-order valence-electron chi connectivity index (χ0n) is 10.4. The maximum atomic E-state index is 11.8. The van der Waals surface area contributed by atoms with Crippen LogP contribution in [0.15, 0.2) is 12.3 Å². The van der Waals surface area contributed by atoms with Crippen molar-refractivity contribution in [3.63, 3.8) is 0 Å². The van der Waals surface area contributed by atoms with Gasteiger partial charge in [0.2, 0.25) is 0 Å². The van der Waals surface area contributed by atoms with Gasteiger partial charge in [0, 0.05) is 12.6 Å². The summed E-state index contributed by atoms with van der Waals surface area (Å²) in [7, 11) is 1.83. The number of carbonyl (C=O) groups is 1. The summed E-state index contributed by atoms with van der Waals surface area (Å²) in [6.45, 7) is 2.96. The van der Waals surface area contributed by atoms with Crippen molar-refractivity contribution in [3.8, 4) is 0 Å². The van der Waals surface area contributed by atoms with Gasteiger partial charge in [-0.05, 0) is 26.9 Å². The molecule has 1 aromatic rings. The zero-order valence-corrected chi connectivity index (χ0v) is 10.4. The van der Waals surface area contributed by atoms with Crippen molar-refractivity contribution in [2.24, 2.45) is 0 Å². The number of aryl methyl sites for hydroxylation is 1. The average Bonchev–Trinajstić information content (AvgIpc) is 2.34. The SMILES string of the molecule is CNCCCNC(=O)c1cc([N+](=O)[O-])cnc1C. The second kappa shape index (κ2) is 6.65. The standard InChI is InChI=1S/C11H16N4O3/c1-8-10(6-9(7-14-8)15(17)18)11(16)13-5-3-4-12-2/h6-7,12H,3-5H2,1-2H3,(H,13,16). The highest BCUT2D eigenvalue weighted by Crippen LogP contribution is 2.14. The number of nitro groups is 1. The van der Waals surface area contributed by atoms with Gasteiger partial charge in [-0.1, -0.05) is 0 Å². The molecule has 7 nitrogen and oxygen atoms in total. The van der Waals surface area contributed by atoms with Crippen molar-refractivity contribution < 1.29 is 9.72 Å². The third-order valence-electron chi connectivity index (χ3n) is 2.42. The zero-order chi connectivity index (χ0) is 13.5. The van der Waals surface area contributed by atoms with Gasteiger partial charge in [0.1, 0.15) is 6.20 Å². The Balaban J connectivity index is 2.72. The van der Waals surface area contributed by atoms with Gasteiger partial charge in [-0.25, -0.2) is 0 Å². The lowest BCUT2D eigenvalue weighted by Gasteiger charge is -2.06. The van der Waals surface area contributed by atoms with E-state index in [1.54, 1.807) is 6.92 Å². The lowest BCUT2D eigenvalue weighted by molar-refractivity contribution is -0.385. The fourth-order valence-electron chi connectivity index (χ4n) is 1.41. The summed E-state index contributed by atoms with van der Waals surface area (Å²) >= 11 is 0. The summed E-state index contributed by atoms with van der Waals surface area (Å²) in [5.74, 6) is -0.334. The van der Waals surface area contributed by atoms with E-state index < -0.39 is 4.92 Å². The van der Waals surface area contributed by atoms with Crippen LogP contribution in [-0.4, -0.2) is 36.0 Å². The quantitative estimate of drug-likeness (QED) is 0.440. The van der Waals surface area contributed by atoms with E-state index in [-0.39, 0.29) is 17.2 Å². The Hall–Kier alpha value is -2.02. The van der Waals surface area contributed by atoms with Crippen molar-refractivity contribution in [2.45, 2.75) is 13.3 Å². The van der Waals surface area contributed by atoms with E-state index in [2.05, 4.69) is 15.6 Å². The first-order chi connectivity index (χ1) is 8.56. The maximum absolute atomic E-state index is 11.8. The van der Waals surface area contributed by atoms with Gasteiger partial charge < -0.3 is 10.6 Å². The summed E-state index contributed by atoms with van der Waals surface area (Å²) in [4.78, 5) is 25.7. The molecule has 1 rings (SSSR count). The first kappa shape index (κ1) is 14.0. The minimum Gasteiger partial charge on any atom is -0.352 e. The van der Waals surface area contributed by atoms with E-state index in [1.807, 2.05) is 7.05 Å². The molecule has 0 bridgehead atoms. The molecule has 0 aliphatic rings. The number of carbonyl (C=O) groups excluding carboxylic acids is 1. The lowest BCUT2D eigenvalue weighted by Crippen LogP contribution is -2.27. The minimum atomic E-state index is -0.565. The van der Waals surface area contributed by atoms with Crippen LogP contribution in [0.1, 0.15) is 22.5 Å². The lowest BCUT2D eigenvalue weighted by atomic mass is 10.2. The van der Waals surface area contributed by atoms with Crippen LogP contribution in [0.2, 0.25) is 0 Å². The van der Waals surface area contributed by atoms with Gasteiger partial charge in [0.25, 0.3) is 11.6 Å². The molecule has 98 valence electrons. The van der Waals surface area contributed by atoms with Crippen LogP contribution < -0.4 is 10.6 Å². The number of aromatic nitrogens is 1. The molecule has 0 saturated carbocycles. The highest BCUT2D eigenvalue weighted by molar-refractivity contribution is 5.95. The summed E-state index contributed by atoms with van der Waals surface area (Å²) in [6, 6.07) is 1.25. The van der Waals surface area contributed by atoms with E-state index in [9.17, 15) is 14.9 Å². The Morgan fingerprint density at radius 2 is 2.22 bits per heavy atom. The van der Waals surface area contributed by atoms with Crippen molar-refractivity contribution in [1.82, 2.24) is 15.6 Å². The molecule has 18 heavy (non-hydrogen) atoms. The summed E-state index contributed by atoms with van der Waals surface area (Å²) < 4.78 is 0. The predicted molar refractivity (Wildman–Crippen MR) is 66.5 cm³/mol. The first-order valence-electron chi connectivity index (χ1n) is 5.60. The first-order valence-corrected chi connectivity index (χ1v) is 5.60. The van der Waals surface area contributed by atoms with Crippen LogP contribution in [0.3, 0.4) is 0 Å². The van der Waals surface area contributed by atoms with Crippen LogP contribution in [0.25, 0.3) is 0 Å². The summed E-state index contributed by atoms with van der Waals surface area (Å²) in [5.41, 5.74) is 0.543. The van der Waals surface area contributed by atoms with Gasteiger partial charge in [-0.3, -0.25) is 19.9 Å². The third-order valence-corrected chi connectivity index (χ3v) is 2.42. The van der Waals surface area contributed by atoms with E-state index in [0.717, 1.165) is 19.2 Å². The Morgan fingerprint density at radius 1 is 1.50 bits per heavy atom. The molecule has 0 atom stereocenters. The monoisotopic (exact) mass is 252 g/mol. The number of pyridine rings is 1.